The zero-order chi connectivity index (χ0) is 19.1. The highest BCUT2D eigenvalue weighted by Gasteiger charge is 2.15. The minimum atomic E-state index is -0.180. The highest BCUT2D eigenvalue weighted by atomic mass is 32.2. The first-order chi connectivity index (χ1) is 13.1. The average Bonchev–Trinajstić information content (AvgIpc) is 3.32. The largest absolute Gasteiger partial charge is 0.472 e. The summed E-state index contributed by atoms with van der Waals surface area (Å²) in [6.45, 7) is 5.47. The maximum atomic E-state index is 12.1. The van der Waals surface area contributed by atoms with Crippen LogP contribution in [0.4, 0.5) is 0 Å². The quantitative estimate of drug-likeness (QED) is 0.568. The normalized spacial score (nSPS) is 11.1. The third-order valence-corrected chi connectivity index (χ3v) is 4.96. The molecule has 0 saturated heterocycles. The fourth-order valence-corrected chi connectivity index (χ4v) is 3.62. The number of carbonyl (C=O) groups excluding carboxylic acids is 1. The molecule has 0 unspecified atom stereocenters. The van der Waals surface area contributed by atoms with E-state index in [2.05, 4.69) is 58.2 Å². The number of nitrogens with zero attached hydrogens (tertiary/aromatic N) is 3. The van der Waals surface area contributed by atoms with E-state index >= 15 is 0 Å². The Morgan fingerprint density at radius 1 is 1.22 bits per heavy atom. The highest BCUT2D eigenvalue weighted by Crippen LogP contribution is 2.20. The molecule has 0 atom stereocenters. The predicted octanol–water partition coefficient (Wildman–Crippen LogP) is 3.79. The topological polar surface area (TPSA) is 73.0 Å². The number of nitrogens with one attached hydrogen (secondary N) is 1. The van der Waals surface area contributed by atoms with Gasteiger partial charge in [0.15, 0.2) is 11.0 Å². The summed E-state index contributed by atoms with van der Waals surface area (Å²) in [7, 11) is 0. The number of benzene rings is 1. The molecule has 0 bridgehead atoms. The fraction of sp³-hybridized carbons (Fsp3) is 0.350. The van der Waals surface area contributed by atoms with Gasteiger partial charge in [-0.25, -0.2) is 0 Å². The van der Waals surface area contributed by atoms with E-state index in [0.717, 1.165) is 29.7 Å². The van der Waals surface area contributed by atoms with Crippen LogP contribution >= 0.6 is 11.8 Å². The number of furan rings is 1. The SMILES string of the molecule is CC(C)Cn1c(CNC(=O)c2ccoc2)nnc1SCCc1ccccc1. The third-order valence-electron chi connectivity index (χ3n) is 4.00. The molecule has 142 valence electrons. The molecule has 6 nitrogen and oxygen atoms in total. The van der Waals surface area contributed by atoms with Crippen molar-refractivity contribution in [2.24, 2.45) is 5.92 Å². The van der Waals surface area contributed by atoms with Gasteiger partial charge >= 0.3 is 0 Å². The lowest BCUT2D eigenvalue weighted by atomic mass is 10.2. The van der Waals surface area contributed by atoms with E-state index in [-0.39, 0.29) is 5.91 Å². The van der Waals surface area contributed by atoms with Crippen molar-refractivity contribution in [1.82, 2.24) is 20.1 Å². The van der Waals surface area contributed by atoms with E-state index < -0.39 is 0 Å². The zero-order valence-electron chi connectivity index (χ0n) is 15.6. The van der Waals surface area contributed by atoms with Gasteiger partial charge in [0.1, 0.15) is 6.26 Å². The summed E-state index contributed by atoms with van der Waals surface area (Å²) in [4.78, 5) is 12.1. The molecule has 2 heterocycles. The molecule has 0 radical (unpaired) electrons. The molecule has 1 N–H and O–H groups in total. The number of aromatic nitrogens is 3. The lowest BCUT2D eigenvalue weighted by molar-refractivity contribution is 0.0948. The first-order valence-corrected chi connectivity index (χ1v) is 10.0. The van der Waals surface area contributed by atoms with E-state index in [0.29, 0.717) is 18.0 Å². The van der Waals surface area contributed by atoms with Crippen LogP contribution in [-0.2, 0) is 19.5 Å². The number of rotatable bonds is 9. The zero-order valence-corrected chi connectivity index (χ0v) is 16.4. The number of hydrogen-bond donors (Lipinski definition) is 1. The van der Waals surface area contributed by atoms with Crippen LogP contribution in [-0.4, -0.2) is 26.4 Å². The molecule has 0 saturated carbocycles. The average molecular weight is 385 g/mol. The summed E-state index contributed by atoms with van der Waals surface area (Å²) in [5, 5.41) is 12.4. The second-order valence-electron chi connectivity index (χ2n) is 6.68. The fourth-order valence-electron chi connectivity index (χ4n) is 2.66. The summed E-state index contributed by atoms with van der Waals surface area (Å²) >= 11 is 1.70. The molecule has 27 heavy (non-hydrogen) atoms. The van der Waals surface area contributed by atoms with Crippen LogP contribution in [0.3, 0.4) is 0 Å². The smallest absolute Gasteiger partial charge is 0.254 e. The molecule has 0 aliphatic heterocycles. The summed E-state index contributed by atoms with van der Waals surface area (Å²) < 4.78 is 7.06. The van der Waals surface area contributed by atoms with Crippen molar-refractivity contribution in [3.8, 4) is 0 Å². The molecule has 0 spiro atoms. The number of carbonyl (C=O) groups is 1. The van der Waals surface area contributed by atoms with E-state index in [1.54, 1.807) is 17.8 Å². The predicted molar refractivity (Wildman–Crippen MR) is 106 cm³/mol. The van der Waals surface area contributed by atoms with E-state index in [1.807, 2.05) is 6.07 Å². The first kappa shape index (κ1) is 19.2. The van der Waals surface area contributed by atoms with Crippen molar-refractivity contribution >= 4 is 17.7 Å². The molecule has 2 aromatic heterocycles. The number of thioether (sulfide) groups is 1. The van der Waals surface area contributed by atoms with Gasteiger partial charge in [-0.05, 0) is 24.0 Å². The van der Waals surface area contributed by atoms with Gasteiger partial charge in [-0.1, -0.05) is 55.9 Å². The Hall–Kier alpha value is -2.54. The van der Waals surface area contributed by atoms with Crippen molar-refractivity contribution in [3.63, 3.8) is 0 Å². The molecular formula is C20H24N4O2S. The molecule has 1 amide bonds. The van der Waals surface area contributed by atoms with Gasteiger partial charge in [-0.3, -0.25) is 4.79 Å². The van der Waals surface area contributed by atoms with E-state index in [9.17, 15) is 4.79 Å². The van der Waals surface area contributed by atoms with Crippen LogP contribution < -0.4 is 5.32 Å². The molecule has 0 fully saturated rings. The first-order valence-electron chi connectivity index (χ1n) is 9.02. The van der Waals surface area contributed by atoms with Gasteiger partial charge in [0.2, 0.25) is 0 Å². The second-order valence-corrected chi connectivity index (χ2v) is 7.74. The maximum absolute atomic E-state index is 12.1. The Bertz CT molecular complexity index is 844. The molecule has 7 heteroatoms. The lowest BCUT2D eigenvalue weighted by Crippen LogP contribution is -2.25. The van der Waals surface area contributed by atoms with Crippen molar-refractivity contribution in [1.29, 1.82) is 0 Å². The van der Waals surface area contributed by atoms with Crippen molar-refractivity contribution in [2.45, 2.75) is 38.5 Å². The Morgan fingerprint density at radius 2 is 2.04 bits per heavy atom. The van der Waals surface area contributed by atoms with Gasteiger partial charge in [-0.15, -0.1) is 10.2 Å². The minimum absolute atomic E-state index is 0.180. The van der Waals surface area contributed by atoms with Crippen molar-refractivity contribution < 1.29 is 9.21 Å². The summed E-state index contributed by atoms with van der Waals surface area (Å²) in [5.41, 5.74) is 1.81. The third kappa shape index (κ3) is 5.47. The Labute approximate surface area is 163 Å². The second kappa shape index (κ2) is 9.41. The van der Waals surface area contributed by atoms with Gasteiger partial charge in [0, 0.05) is 12.3 Å². The molecule has 3 aromatic rings. The van der Waals surface area contributed by atoms with Gasteiger partial charge < -0.3 is 14.3 Å². The van der Waals surface area contributed by atoms with Crippen LogP contribution in [0, 0.1) is 5.92 Å². The van der Waals surface area contributed by atoms with Crippen molar-refractivity contribution in [3.05, 3.63) is 65.9 Å². The monoisotopic (exact) mass is 384 g/mol. The van der Waals surface area contributed by atoms with Crippen molar-refractivity contribution in [2.75, 3.05) is 5.75 Å². The van der Waals surface area contributed by atoms with Crippen LogP contribution in [0.5, 0.6) is 0 Å². The van der Waals surface area contributed by atoms with E-state index in [4.69, 9.17) is 4.42 Å². The van der Waals surface area contributed by atoms with Gasteiger partial charge in [0.25, 0.3) is 5.91 Å². The number of amides is 1. The highest BCUT2D eigenvalue weighted by molar-refractivity contribution is 7.99. The number of aryl methyl sites for hydroxylation is 1. The summed E-state index contributed by atoms with van der Waals surface area (Å²) in [6, 6.07) is 12.1. The summed E-state index contributed by atoms with van der Waals surface area (Å²) in [5.74, 6) is 1.98. The Morgan fingerprint density at radius 3 is 2.74 bits per heavy atom. The number of hydrogen-bond acceptors (Lipinski definition) is 5. The van der Waals surface area contributed by atoms with Crippen LogP contribution in [0.25, 0.3) is 0 Å². The van der Waals surface area contributed by atoms with Crippen LogP contribution in [0.15, 0.2) is 58.5 Å². The molecule has 1 aromatic carbocycles. The van der Waals surface area contributed by atoms with E-state index in [1.165, 1.54) is 18.1 Å². The van der Waals surface area contributed by atoms with Gasteiger partial charge in [-0.2, -0.15) is 0 Å². The van der Waals surface area contributed by atoms with Crippen LogP contribution in [0.2, 0.25) is 0 Å². The van der Waals surface area contributed by atoms with Gasteiger partial charge in [0.05, 0.1) is 18.4 Å². The molecule has 0 aliphatic carbocycles. The minimum Gasteiger partial charge on any atom is -0.472 e. The lowest BCUT2D eigenvalue weighted by Gasteiger charge is -2.12. The molecular weight excluding hydrogens is 360 g/mol. The molecule has 3 rings (SSSR count). The maximum Gasteiger partial charge on any atom is 0.254 e. The van der Waals surface area contributed by atoms with Crippen LogP contribution in [0.1, 0.15) is 35.6 Å². The standard InChI is InChI=1S/C20H24N4O2S/c1-15(2)13-24-18(12-21-19(25)17-8-10-26-14-17)22-23-20(24)27-11-9-16-6-4-3-5-7-16/h3-8,10,14-15H,9,11-13H2,1-2H3,(H,21,25). The molecule has 0 aliphatic rings. The Balaban J connectivity index is 1.62. The Kier molecular flexibility index (Phi) is 6.70. The summed E-state index contributed by atoms with van der Waals surface area (Å²) in [6.07, 6.45) is 3.89.